The topological polar surface area (TPSA) is 3.24 Å². The molecule has 1 unspecified atom stereocenters. The summed E-state index contributed by atoms with van der Waals surface area (Å²) in [5, 5.41) is 0. The molecule has 0 aliphatic heterocycles. The molecule has 0 N–H and O–H groups in total. The van der Waals surface area contributed by atoms with E-state index in [1.165, 1.54) is 77.0 Å². The molecule has 18 heavy (non-hydrogen) atoms. The van der Waals surface area contributed by atoms with Gasteiger partial charge in [0.1, 0.15) is 0 Å². The van der Waals surface area contributed by atoms with Gasteiger partial charge in [0.2, 0.25) is 0 Å². The quantitative estimate of drug-likeness (QED) is 0.385. The molecule has 0 radical (unpaired) electrons. The molecule has 0 aromatic heterocycles. The van der Waals surface area contributed by atoms with Crippen molar-refractivity contribution in [3.63, 3.8) is 0 Å². The highest BCUT2D eigenvalue weighted by Crippen LogP contribution is 2.15. The number of hydrogen-bond donors (Lipinski definition) is 0. The summed E-state index contributed by atoms with van der Waals surface area (Å²) in [4.78, 5) is 2.43. The molecule has 0 aromatic rings. The monoisotopic (exact) mass is 255 g/mol. The van der Waals surface area contributed by atoms with Gasteiger partial charge < -0.3 is 4.90 Å². The van der Waals surface area contributed by atoms with Gasteiger partial charge in [-0.1, -0.05) is 78.1 Å². The Balaban J connectivity index is 3.37. The maximum absolute atomic E-state index is 2.43. The Labute approximate surface area is 116 Å². The van der Waals surface area contributed by atoms with E-state index in [0.29, 0.717) is 0 Å². The summed E-state index contributed by atoms with van der Waals surface area (Å²) >= 11 is 0. The number of hydrogen-bond acceptors (Lipinski definition) is 1. The van der Waals surface area contributed by atoms with Crippen molar-refractivity contribution >= 4 is 0 Å². The molecular formula is C17H37N. The van der Waals surface area contributed by atoms with Gasteiger partial charge in [0.15, 0.2) is 0 Å². The van der Waals surface area contributed by atoms with E-state index in [4.69, 9.17) is 0 Å². The zero-order chi connectivity index (χ0) is 13.6. The second-order valence-corrected chi connectivity index (χ2v) is 6.02. The first kappa shape index (κ1) is 18.0. The first-order valence-corrected chi connectivity index (χ1v) is 8.38. The maximum Gasteiger partial charge on any atom is 0.00891 e. The molecule has 0 saturated carbocycles. The average Bonchev–Trinajstić information content (AvgIpc) is 2.35. The summed E-state index contributed by atoms with van der Waals surface area (Å²) in [6, 6.07) is 0.824. The lowest BCUT2D eigenvalue weighted by molar-refractivity contribution is 0.253. The molecule has 0 aromatic carbocycles. The van der Waals surface area contributed by atoms with E-state index in [9.17, 15) is 0 Å². The lowest BCUT2D eigenvalue weighted by Gasteiger charge is -2.24. The van der Waals surface area contributed by atoms with Crippen LogP contribution < -0.4 is 0 Å². The van der Waals surface area contributed by atoms with Crippen molar-refractivity contribution in [1.82, 2.24) is 4.90 Å². The van der Waals surface area contributed by atoms with Gasteiger partial charge in [-0.25, -0.2) is 0 Å². The van der Waals surface area contributed by atoms with Crippen LogP contribution in [-0.4, -0.2) is 25.0 Å². The first-order chi connectivity index (χ1) is 8.72. The molecule has 0 rings (SSSR count). The minimum Gasteiger partial charge on any atom is -0.306 e. The van der Waals surface area contributed by atoms with Crippen molar-refractivity contribution in [3.05, 3.63) is 0 Å². The van der Waals surface area contributed by atoms with Gasteiger partial charge in [0, 0.05) is 6.04 Å². The normalized spacial score (nSPS) is 13.2. The van der Waals surface area contributed by atoms with Crippen molar-refractivity contribution in [2.45, 2.75) is 96.9 Å². The van der Waals surface area contributed by atoms with Crippen molar-refractivity contribution < 1.29 is 0 Å². The van der Waals surface area contributed by atoms with E-state index in [2.05, 4.69) is 32.8 Å². The van der Waals surface area contributed by atoms with E-state index in [-0.39, 0.29) is 0 Å². The summed E-state index contributed by atoms with van der Waals surface area (Å²) in [6.07, 6.45) is 17.0. The fourth-order valence-electron chi connectivity index (χ4n) is 2.61. The number of unbranched alkanes of at least 4 members (excludes halogenated alkanes) is 8. The van der Waals surface area contributed by atoms with Crippen LogP contribution in [0.2, 0.25) is 0 Å². The van der Waals surface area contributed by atoms with E-state index in [1.807, 2.05) is 0 Å². The van der Waals surface area contributed by atoms with Gasteiger partial charge in [-0.05, 0) is 26.9 Å². The van der Waals surface area contributed by atoms with Crippen LogP contribution in [0.4, 0.5) is 0 Å². The van der Waals surface area contributed by atoms with Crippen molar-refractivity contribution in [2.75, 3.05) is 14.1 Å². The molecule has 0 heterocycles. The minimum absolute atomic E-state index is 0.824. The third kappa shape index (κ3) is 11.1. The Morgan fingerprint density at radius 2 is 1.06 bits per heavy atom. The summed E-state index contributed by atoms with van der Waals surface area (Å²) < 4.78 is 0. The number of nitrogens with zero attached hydrogens (tertiary/aromatic N) is 1. The molecule has 0 fully saturated rings. The third-order valence-electron chi connectivity index (χ3n) is 4.01. The second-order valence-electron chi connectivity index (χ2n) is 6.02. The molecule has 0 saturated heterocycles. The minimum atomic E-state index is 0.824. The molecule has 0 amide bonds. The van der Waals surface area contributed by atoms with Gasteiger partial charge in [-0.3, -0.25) is 0 Å². The molecule has 1 nitrogen and oxygen atoms in total. The van der Waals surface area contributed by atoms with Crippen LogP contribution in [0.15, 0.2) is 0 Å². The van der Waals surface area contributed by atoms with E-state index in [0.717, 1.165) is 6.04 Å². The molecule has 0 spiro atoms. The largest absolute Gasteiger partial charge is 0.306 e. The van der Waals surface area contributed by atoms with Crippen LogP contribution in [0, 0.1) is 0 Å². The standard InChI is InChI=1S/C17H37N/c1-5-7-9-10-11-12-13-14-16-17(18(3)4)15-8-6-2/h17H,5-16H2,1-4H3. The maximum atomic E-state index is 2.43. The van der Waals surface area contributed by atoms with Gasteiger partial charge in [0.05, 0.1) is 0 Å². The van der Waals surface area contributed by atoms with Crippen molar-refractivity contribution in [1.29, 1.82) is 0 Å². The average molecular weight is 255 g/mol. The molecular weight excluding hydrogens is 218 g/mol. The van der Waals surface area contributed by atoms with E-state index >= 15 is 0 Å². The Morgan fingerprint density at radius 3 is 1.56 bits per heavy atom. The Bertz CT molecular complexity index is 154. The van der Waals surface area contributed by atoms with Crippen LogP contribution in [0.25, 0.3) is 0 Å². The summed E-state index contributed by atoms with van der Waals surface area (Å²) in [5.74, 6) is 0. The predicted molar refractivity (Wildman–Crippen MR) is 84.2 cm³/mol. The Hall–Kier alpha value is -0.0400. The zero-order valence-corrected chi connectivity index (χ0v) is 13.5. The van der Waals surface area contributed by atoms with Crippen LogP contribution in [0.5, 0.6) is 0 Å². The second kappa shape index (κ2) is 13.4. The van der Waals surface area contributed by atoms with Gasteiger partial charge in [-0.2, -0.15) is 0 Å². The predicted octanol–water partition coefficient (Wildman–Crippen LogP) is 5.64. The smallest absolute Gasteiger partial charge is 0.00891 e. The highest BCUT2D eigenvalue weighted by atomic mass is 15.1. The van der Waals surface area contributed by atoms with Crippen LogP contribution in [0.3, 0.4) is 0 Å². The Kier molecular flexibility index (Phi) is 13.4. The van der Waals surface area contributed by atoms with Gasteiger partial charge in [0.25, 0.3) is 0 Å². The fraction of sp³-hybridized carbons (Fsp3) is 1.00. The zero-order valence-electron chi connectivity index (χ0n) is 13.5. The molecule has 0 bridgehead atoms. The van der Waals surface area contributed by atoms with Gasteiger partial charge >= 0.3 is 0 Å². The van der Waals surface area contributed by atoms with Crippen LogP contribution in [-0.2, 0) is 0 Å². The lowest BCUT2D eigenvalue weighted by atomic mass is 10.0. The third-order valence-corrected chi connectivity index (χ3v) is 4.01. The summed E-state index contributed by atoms with van der Waals surface area (Å²) in [5.41, 5.74) is 0. The van der Waals surface area contributed by atoms with Crippen LogP contribution >= 0.6 is 0 Å². The molecule has 1 heteroatoms. The van der Waals surface area contributed by atoms with E-state index < -0.39 is 0 Å². The van der Waals surface area contributed by atoms with E-state index in [1.54, 1.807) is 0 Å². The SMILES string of the molecule is CCCCCCCCCCC(CCCC)N(C)C. The Morgan fingerprint density at radius 1 is 0.611 bits per heavy atom. The fourth-order valence-corrected chi connectivity index (χ4v) is 2.61. The molecule has 0 aliphatic rings. The summed E-state index contributed by atoms with van der Waals surface area (Å²) in [7, 11) is 4.48. The summed E-state index contributed by atoms with van der Waals surface area (Å²) in [6.45, 7) is 4.58. The highest BCUT2D eigenvalue weighted by Gasteiger charge is 2.09. The highest BCUT2D eigenvalue weighted by molar-refractivity contribution is 4.66. The molecule has 1 atom stereocenters. The van der Waals surface area contributed by atoms with Crippen molar-refractivity contribution in [3.8, 4) is 0 Å². The molecule has 0 aliphatic carbocycles. The first-order valence-electron chi connectivity index (χ1n) is 8.38. The van der Waals surface area contributed by atoms with Gasteiger partial charge in [-0.15, -0.1) is 0 Å². The van der Waals surface area contributed by atoms with Crippen molar-refractivity contribution in [2.24, 2.45) is 0 Å². The molecule has 110 valence electrons. The number of rotatable bonds is 13. The lowest BCUT2D eigenvalue weighted by Crippen LogP contribution is -2.27. The van der Waals surface area contributed by atoms with Crippen LogP contribution in [0.1, 0.15) is 90.9 Å².